The minimum atomic E-state index is -4.31. The summed E-state index contributed by atoms with van der Waals surface area (Å²) in [6.45, 7) is 13.0. The maximum Gasteiger partial charge on any atom is 0.329 e. The molecule has 2 fully saturated rings. The van der Waals surface area contributed by atoms with E-state index in [2.05, 4.69) is 40.4 Å². The number of hydrogen-bond donors (Lipinski definition) is 1. The molecule has 206 valence electrons. The molecule has 0 radical (unpaired) electrons. The van der Waals surface area contributed by atoms with Gasteiger partial charge < -0.3 is 14.5 Å². The second-order valence-corrected chi connectivity index (χ2v) is 13.2. The van der Waals surface area contributed by atoms with Crippen LogP contribution in [-0.4, -0.2) is 60.5 Å². The van der Waals surface area contributed by atoms with E-state index < -0.39 is 27.6 Å². The van der Waals surface area contributed by atoms with E-state index in [0.717, 1.165) is 19.4 Å². The third-order valence-corrected chi connectivity index (χ3v) is 8.64. The van der Waals surface area contributed by atoms with E-state index >= 15 is 0 Å². The maximum atomic E-state index is 13.3. The fourth-order valence-electron chi connectivity index (χ4n) is 5.00. The van der Waals surface area contributed by atoms with Crippen LogP contribution < -0.4 is 14.5 Å². The van der Waals surface area contributed by atoms with Gasteiger partial charge in [0.25, 0.3) is 15.9 Å². The summed E-state index contributed by atoms with van der Waals surface area (Å²) in [5, 5.41) is -0.307. The second-order valence-electron chi connectivity index (χ2n) is 11.5. The van der Waals surface area contributed by atoms with E-state index in [9.17, 15) is 18.0 Å². The van der Waals surface area contributed by atoms with Crippen molar-refractivity contribution in [1.82, 2.24) is 14.7 Å². The molecule has 0 aliphatic carbocycles. The zero-order chi connectivity index (χ0) is 27.9. The number of nitrogens with zero attached hydrogens (tertiary/aromatic N) is 4. The van der Waals surface area contributed by atoms with Gasteiger partial charge in [0.15, 0.2) is 5.03 Å². The van der Waals surface area contributed by atoms with E-state index in [0.29, 0.717) is 30.5 Å². The van der Waals surface area contributed by atoms with Crippen molar-refractivity contribution >= 4 is 33.5 Å². The predicted octanol–water partition coefficient (Wildman–Crippen LogP) is 3.53. The zero-order valence-electron chi connectivity index (χ0n) is 22.9. The average Bonchev–Trinajstić information content (AvgIpc) is 3.42. The highest BCUT2D eigenvalue weighted by Gasteiger charge is 2.41. The van der Waals surface area contributed by atoms with Crippen molar-refractivity contribution in [1.29, 1.82) is 0 Å². The normalized spacial score (nSPS) is 21.4. The number of rotatable bonds is 6. The molecular weight excluding hydrogens is 506 g/mol. The summed E-state index contributed by atoms with van der Waals surface area (Å²) in [7, 11) is -4.31. The van der Waals surface area contributed by atoms with Gasteiger partial charge in [0.05, 0.1) is 5.56 Å². The second kappa shape index (κ2) is 10.2. The fraction of sp³-hybridized carbons (Fsp3) is 0.556. The number of carbonyl (C=O) groups excluding carboxylic acids is 2. The van der Waals surface area contributed by atoms with Crippen LogP contribution in [0.1, 0.15) is 71.2 Å². The van der Waals surface area contributed by atoms with Crippen molar-refractivity contribution in [3.05, 3.63) is 42.1 Å². The largest absolute Gasteiger partial charge is 0.458 e. The molecule has 1 amide bonds. The summed E-state index contributed by atoms with van der Waals surface area (Å²) in [4.78, 5) is 38.6. The smallest absolute Gasteiger partial charge is 0.329 e. The molecule has 0 aromatic carbocycles. The molecule has 10 nitrogen and oxygen atoms in total. The van der Waals surface area contributed by atoms with Crippen LogP contribution in [0.5, 0.6) is 0 Å². The number of hydrogen-bond acceptors (Lipinski definition) is 9. The SMILES string of the molecule is CC1CCN(c2ncccc2C(=O)NS(=O)(=O)c2cccc(N3CCC[C@@H]3C(=O)OC(C)(C)C)n2)C1(C)C. The van der Waals surface area contributed by atoms with Gasteiger partial charge in [-0.2, -0.15) is 8.42 Å². The standard InChI is InChI=1S/C27H37N5O5S/c1-18-14-17-32(27(18,5)6)23-19(10-8-15-28-23)24(33)30-38(35,36)22-13-7-12-21(29-22)31-16-9-11-20(31)25(34)37-26(2,3)4/h7-8,10,12-13,15,18,20H,9,11,14,16-17H2,1-6H3,(H,30,33)/t18?,20-/m1/s1. The first-order valence-electron chi connectivity index (χ1n) is 13.0. The quantitative estimate of drug-likeness (QED) is 0.545. The Bertz CT molecular complexity index is 1320. The molecule has 2 aromatic heterocycles. The third-order valence-electron chi connectivity index (χ3n) is 7.41. The number of aromatic nitrogens is 2. The first kappa shape index (κ1) is 27.8. The molecule has 1 N–H and O–H groups in total. The number of carbonyl (C=O) groups is 2. The zero-order valence-corrected chi connectivity index (χ0v) is 23.7. The molecule has 4 rings (SSSR count). The van der Waals surface area contributed by atoms with Crippen LogP contribution in [0, 0.1) is 5.92 Å². The van der Waals surface area contributed by atoms with E-state index in [-0.39, 0.29) is 22.1 Å². The summed E-state index contributed by atoms with van der Waals surface area (Å²) < 4.78 is 34.2. The van der Waals surface area contributed by atoms with Crippen molar-refractivity contribution in [2.75, 3.05) is 22.9 Å². The van der Waals surface area contributed by atoms with E-state index in [4.69, 9.17) is 4.74 Å². The Hall–Kier alpha value is -3.21. The van der Waals surface area contributed by atoms with Crippen LogP contribution in [0.4, 0.5) is 11.6 Å². The molecule has 11 heteroatoms. The van der Waals surface area contributed by atoms with Gasteiger partial charge in [-0.25, -0.2) is 19.5 Å². The van der Waals surface area contributed by atoms with Crippen LogP contribution in [0.2, 0.25) is 0 Å². The van der Waals surface area contributed by atoms with Crippen molar-refractivity contribution in [3.8, 4) is 0 Å². The number of sulfonamides is 1. The van der Waals surface area contributed by atoms with Gasteiger partial charge in [-0.15, -0.1) is 0 Å². The molecule has 2 saturated heterocycles. The maximum absolute atomic E-state index is 13.3. The Morgan fingerprint density at radius 2 is 1.84 bits per heavy atom. The first-order chi connectivity index (χ1) is 17.7. The molecule has 0 spiro atoms. The Morgan fingerprint density at radius 1 is 1.11 bits per heavy atom. The van der Waals surface area contributed by atoms with Crippen molar-refractivity contribution in [2.45, 2.75) is 83.0 Å². The molecule has 4 heterocycles. The summed E-state index contributed by atoms with van der Waals surface area (Å²) in [6, 6.07) is 7.16. The number of esters is 1. The molecule has 1 unspecified atom stereocenters. The Kier molecular flexibility index (Phi) is 7.44. The highest BCUT2D eigenvalue weighted by atomic mass is 32.2. The monoisotopic (exact) mass is 543 g/mol. The van der Waals surface area contributed by atoms with E-state index in [1.165, 1.54) is 6.07 Å². The molecule has 2 atom stereocenters. The fourth-order valence-corrected chi connectivity index (χ4v) is 5.93. The number of pyridine rings is 2. The van der Waals surface area contributed by atoms with Crippen LogP contribution >= 0.6 is 0 Å². The summed E-state index contributed by atoms with van der Waals surface area (Å²) in [5.41, 5.74) is -0.695. The highest BCUT2D eigenvalue weighted by molar-refractivity contribution is 7.90. The Balaban J connectivity index is 1.57. The van der Waals surface area contributed by atoms with Gasteiger partial charge in [0.2, 0.25) is 0 Å². The predicted molar refractivity (Wildman–Crippen MR) is 145 cm³/mol. The molecular formula is C27H37N5O5S. The molecule has 2 aliphatic rings. The van der Waals surface area contributed by atoms with E-state index in [1.54, 1.807) is 56.1 Å². The minimum Gasteiger partial charge on any atom is -0.458 e. The molecule has 2 aliphatic heterocycles. The van der Waals surface area contributed by atoms with Crippen molar-refractivity contribution in [3.63, 3.8) is 0 Å². The lowest BCUT2D eigenvalue weighted by Gasteiger charge is -2.36. The Morgan fingerprint density at radius 3 is 2.50 bits per heavy atom. The molecule has 38 heavy (non-hydrogen) atoms. The van der Waals surface area contributed by atoms with Crippen LogP contribution in [-0.2, 0) is 19.6 Å². The van der Waals surface area contributed by atoms with E-state index in [1.807, 2.05) is 0 Å². The van der Waals surface area contributed by atoms with Gasteiger partial charge in [-0.1, -0.05) is 13.0 Å². The lowest BCUT2D eigenvalue weighted by Crippen LogP contribution is -2.43. The average molecular weight is 544 g/mol. The third kappa shape index (κ3) is 5.62. The van der Waals surface area contributed by atoms with Crippen LogP contribution in [0.15, 0.2) is 41.6 Å². The van der Waals surface area contributed by atoms with Gasteiger partial charge in [0, 0.05) is 24.8 Å². The van der Waals surface area contributed by atoms with Gasteiger partial charge in [-0.3, -0.25) is 4.79 Å². The van der Waals surface area contributed by atoms with Crippen molar-refractivity contribution in [2.24, 2.45) is 5.92 Å². The topological polar surface area (TPSA) is 122 Å². The van der Waals surface area contributed by atoms with Crippen LogP contribution in [0.3, 0.4) is 0 Å². The van der Waals surface area contributed by atoms with Crippen LogP contribution in [0.25, 0.3) is 0 Å². The van der Waals surface area contributed by atoms with Crippen molar-refractivity contribution < 1.29 is 22.7 Å². The minimum absolute atomic E-state index is 0.180. The summed E-state index contributed by atoms with van der Waals surface area (Å²) >= 11 is 0. The summed E-state index contributed by atoms with van der Waals surface area (Å²) in [6.07, 6.45) is 3.87. The summed E-state index contributed by atoms with van der Waals surface area (Å²) in [5.74, 6) is 0.0216. The van der Waals surface area contributed by atoms with Gasteiger partial charge in [0.1, 0.15) is 23.3 Å². The highest BCUT2D eigenvalue weighted by Crippen LogP contribution is 2.38. The first-order valence-corrected chi connectivity index (χ1v) is 14.5. The van der Waals surface area contributed by atoms with Gasteiger partial charge >= 0.3 is 5.97 Å². The Labute approximate surface area is 224 Å². The molecule has 2 aromatic rings. The van der Waals surface area contributed by atoms with Gasteiger partial charge in [-0.05, 0) is 84.1 Å². The number of anilines is 2. The molecule has 0 saturated carbocycles. The lowest BCUT2D eigenvalue weighted by molar-refractivity contribution is -0.156. The molecule has 0 bridgehead atoms. The number of amides is 1. The number of nitrogens with one attached hydrogen (secondary N) is 1. The number of ether oxygens (including phenoxy) is 1. The lowest BCUT2D eigenvalue weighted by atomic mass is 9.90.